The number of nitrogens with zero attached hydrogens (tertiary/aromatic N) is 1. The molecule has 1 fully saturated rings. The average Bonchev–Trinajstić information content (AvgIpc) is 2.43. The zero-order chi connectivity index (χ0) is 15.8. The molecule has 0 heterocycles. The van der Waals surface area contributed by atoms with Crippen LogP contribution in [-0.4, -0.2) is 49.7 Å². The van der Waals surface area contributed by atoms with Crippen molar-refractivity contribution in [1.29, 1.82) is 0 Å². The van der Waals surface area contributed by atoms with Crippen LogP contribution in [0.3, 0.4) is 0 Å². The van der Waals surface area contributed by atoms with E-state index in [0.29, 0.717) is 18.4 Å². The lowest BCUT2D eigenvalue weighted by Gasteiger charge is -2.28. The van der Waals surface area contributed by atoms with Crippen LogP contribution >= 0.6 is 0 Å². The van der Waals surface area contributed by atoms with E-state index in [9.17, 15) is 9.59 Å². The molecule has 1 aliphatic rings. The molecule has 0 aromatic carbocycles. The molecule has 1 amide bonds. The number of esters is 1. The lowest BCUT2D eigenvalue weighted by Crippen LogP contribution is -2.41. The molecule has 0 saturated heterocycles. The standard InChI is InChI=1S/C16H29NO4/c1-12(2)9-17(10-16(19)20-4)15(18)11-21-14-7-5-6-13(3)8-14/h12-14H,5-11H2,1-4H3/t13-,14+/m0/s1. The van der Waals surface area contributed by atoms with E-state index in [4.69, 9.17) is 4.74 Å². The number of hydrogen-bond donors (Lipinski definition) is 0. The summed E-state index contributed by atoms with van der Waals surface area (Å²) in [7, 11) is 1.33. The number of ether oxygens (including phenoxy) is 2. The summed E-state index contributed by atoms with van der Waals surface area (Å²) in [4.78, 5) is 25.2. The van der Waals surface area contributed by atoms with E-state index in [1.807, 2.05) is 13.8 Å². The van der Waals surface area contributed by atoms with Gasteiger partial charge in [0.15, 0.2) is 0 Å². The third-order valence-electron chi connectivity index (χ3n) is 3.82. The predicted molar refractivity (Wildman–Crippen MR) is 80.8 cm³/mol. The van der Waals surface area contributed by atoms with Gasteiger partial charge in [0.1, 0.15) is 13.2 Å². The fraction of sp³-hybridized carbons (Fsp3) is 0.875. The van der Waals surface area contributed by atoms with Gasteiger partial charge in [0.25, 0.3) is 0 Å². The lowest BCUT2D eigenvalue weighted by molar-refractivity contribution is -0.150. The number of carbonyl (C=O) groups is 2. The molecule has 0 radical (unpaired) electrons. The Kier molecular flexibility index (Phi) is 7.72. The van der Waals surface area contributed by atoms with E-state index in [0.717, 1.165) is 19.3 Å². The van der Waals surface area contributed by atoms with Gasteiger partial charge in [0.05, 0.1) is 13.2 Å². The highest BCUT2D eigenvalue weighted by molar-refractivity contribution is 5.82. The highest BCUT2D eigenvalue weighted by Crippen LogP contribution is 2.25. The van der Waals surface area contributed by atoms with E-state index in [1.165, 1.54) is 18.4 Å². The Morgan fingerprint density at radius 1 is 1.29 bits per heavy atom. The molecule has 0 unspecified atom stereocenters. The Morgan fingerprint density at radius 3 is 2.57 bits per heavy atom. The van der Waals surface area contributed by atoms with Crippen molar-refractivity contribution in [2.24, 2.45) is 11.8 Å². The van der Waals surface area contributed by atoms with Crippen LogP contribution in [0.5, 0.6) is 0 Å². The van der Waals surface area contributed by atoms with Crippen molar-refractivity contribution < 1.29 is 19.1 Å². The van der Waals surface area contributed by atoms with Crippen LogP contribution in [0.15, 0.2) is 0 Å². The largest absolute Gasteiger partial charge is 0.468 e. The van der Waals surface area contributed by atoms with Crippen molar-refractivity contribution in [2.75, 3.05) is 26.8 Å². The second kappa shape index (κ2) is 9.03. The third-order valence-corrected chi connectivity index (χ3v) is 3.82. The minimum Gasteiger partial charge on any atom is -0.468 e. The number of hydrogen-bond acceptors (Lipinski definition) is 4. The molecular formula is C16H29NO4. The Morgan fingerprint density at radius 2 is 2.00 bits per heavy atom. The van der Waals surface area contributed by atoms with Crippen LogP contribution in [0.2, 0.25) is 0 Å². The van der Waals surface area contributed by atoms with Crippen molar-refractivity contribution in [3.8, 4) is 0 Å². The van der Waals surface area contributed by atoms with Crippen molar-refractivity contribution in [2.45, 2.75) is 52.6 Å². The summed E-state index contributed by atoms with van der Waals surface area (Å²) in [6, 6.07) is 0. The van der Waals surface area contributed by atoms with Crippen LogP contribution in [0.1, 0.15) is 46.5 Å². The van der Waals surface area contributed by atoms with Crippen LogP contribution in [0, 0.1) is 11.8 Å². The molecule has 5 heteroatoms. The van der Waals surface area contributed by atoms with Crippen molar-refractivity contribution in [1.82, 2.24) is 4.90 Å². The topological polar surface area (TPSA) is 55.8 Å². The second-order valence-electron chi connectivity index (χ2n) is 6.45. The molecule has 2 atom stereocenters. The van der Waals surface area contributed by atoms with Gasteiger partial charge in [-0.25, -0.2) is 0 Å². The maximum absolute atomic E-state index is 12.2. The fourth-order valence-electron chi connectivity index (χ4n) is 2.73. The zero-order valence-electron chi connectivity index (χ0n) is 13.8. The monoisotopic (exact) mass is 299 g/mol. The van der Waals surface area contributed by atoms with Gasteiger partial charge in [-0.15, -0.1) is 0 Å². The minimum absolute atomic E-state index is 0.00204. The van der Waals surface area contributed by atoms with Crippen molar-refractivity contribution in [3.63, 3.8) is 0 Å². The molecule has 1 saturated carbocycles. The molecule has 5 nitrogen and oxygen atoms in total. The normalized spacial score (nSPS) is 22.1. The Balaban J connectivity index is 2.45. The third kappa shape index (κ3) is 6.93. The molecule has 0 bridgehead atoms. The summed E-state index contributed by atoms with van der Waals surface area (Å²) >= 11 is 0. The van der Waals surface area contributed by atoms with Crippen LogP contribution in [0.25, 0.3) is 0 Å². The quantitative estimate of drug-likeness (QED) is 0.677. The summed E-state index contributed by atoms with van der Waals surface area (Å²) in [6.07, 6.45) is 4.64. The Hall–Kier alpha value is -1.10. The van der Waals surface area contributed by atoms with Crippen molar-refractivity contribution >= 4 is 11.9 Å². The molecule has 1 rings (SSSR count). The molecule has 0 spiro atoms. The molecule has 0 aromatic heterocycles. The van der Waals surface area contributed by atoms with E-state index < -0.39 is 5.97 Å². The van der Waals surface area contributed by atoms with Crippen LogP contribution in [-0.2, 0) is 19.1 Å². The van der Waals surface area contributed by atoms with E-state index in [-0.39, 0.29) is 25.2 Å². The maximum atomic E-state index is 12.2. The van der Waals surface area contributed by atoms with Gasteiger partial charge in [-0.2, -0.15) is 0 Å². The van der Waals surface area contributed by atoms with Gasteiger partial charge in [-0.05, 0) is 24.7 Å². The summed E-state index contributed by atoms with van der Waals surface area (Å²) in [5.41, 5.74) is 0. The van der Waals surface area contributed by atoms with Gasteiger partial charge >= 0.3 is 5.97 Å². The number of amides is 1. The van der Waals surface area contributed by atoms with Gasteiger partial charge < -0.3 is 14.4 Å². The number of carbonyl (C=O) groups excluding carboxylic acids is 2. The highest BCUT2D eigenvalue weighted by atomic mass is 16.5. The molecule has 1 aliphatic carbocycles. The molecule has 21 heavy (non-hydrogen) atoms. The lowest BCUT2D eigenvalue weighted by atomic mass is 9.89. The van der Waals surface area contributed by atoms with Gasteiger partial charge in [-0.3, -0.25) is 9.59 Å². The SMILES string of the molecule is COC(=O)CN(CC(C)C)C(=O)CO[C@@H]1CCC[C@H](C)C1. The summed E-state index contributed by atoms with van der Waals surface area (Å²) < 4.78 is 10.4. The first-order valence-electron chi connectivity index (χ1n) is 7.88. The van der Waals surface area contributed by atoms with Gasteiger partial charge in [-0.1, -0.05) is 33.6 Å². The molecule has 0 aliphatic heterocycles. The van der Waals surface area contributed by atoms with Crippen LogP contribution < -0.4 is 0 Å². The number of methoxy groups -OCH3 is 1. The number of rotatable bonds is 7. The molecule has 0 aromatic rings. The fourth-order valence-corrected chi connectivity index (χ4v) is 2.73. The summed E-state index contributed by atoms with van der Waals surface area (Å²) in [6.45, 7) is 6.85. The highest BCUT2D eigenvalue weighted by Gasteiger charge is 2.23. The molecule has 122 valence electrons. The first kappa shape index (κ1) is 18.0. The molecule has 0 N–H and O–H groups in total. The molecular weight excluding hydrogens is 270 g/mol. The van der Waals surface area contributed by atoms with E-state index in [1.54, 1.807) is 0 Å². The maximum Gasteiger partial charge on any atom is 0.325 e. The summed E-state index contributed by atoms with van der Waals surface area (Å²) in [5.74, 6) is 0.441. The zero-order valence-corrected chi connectivity index (χ0v) is 13.8. The Labute approximate surface area is 128 Å². The van der Waals surface area contributed by atoms with Gasteiger partial charge in [0.2, 0.25) is 5.91 Å². The van der Waals surface area contributed by atoms with E-state index in [2.05, 4.69) is 11.7 Å². The second-order valence-corrected chi connectivity index (χ2v) is 6.45. The first-order valence-corrected chi connectivity index (χ1v) is 7.88. The van der Waals surface area contributed by atoms with E-state index >= 15 is 0 Å². The minimum atomic E-state index is -0.393. The van der Waals surface area contributed by atoms with Crippen molar-refractivity contribution in [3.05, 3.63) is 0 Å². The predicted octanol–water partition coefficient (Wildman–Crippen LogP) is 2.24. The van der Waals surface area contributed by atoms with Gasteiger partial charge in [0, 0.05) is 6.54 Å². The Bertz CT molecular complexity index is 343. The smallest absolute Gasteiger partial charge is 0.325 e. The van der Waals surface area contributed by atoms with Crippen LogP contribution in [0.4, 0.5) is 0 Å². The summed E-state index contributed by atoms with van der Waals surface area (Å²) in [5, 5.41) is 0. The average molecular weight is 299 g/mol. The first-order chi connectivity index (χ1) is 9.92.